The van der Waals surface area contributed by atoms with Gasteiger partial charge >= 0.3 is 0 Å². The molecule has 0 saturated carbocycles. The van der Waals surface area contributed by atoms with E-state index < -0.39 is 5.60 Å². The van der Waals surface area contributed by atoms with E-state index in [2.05, 4.69) is 13.0 Å². The van der Waals surface area contributed by atoms with Gasteiger partial charge in [0.2, 0.25) is 0 Å². The van der Waals surface area contributed by atoms with Gasteiger partial charge in [-0.25, -0.2) is 0 Å². The number of hydrogen-bond acceptors (Lipinski definition) is 3. The number of hydrogen-bond donors (Lipinski definition) is 1. The molecule has 0 amide bonds. The average Bonchev–Trinajstić information content (AvgIpc) is 2.20. The topological polar surface area (TPSA) is 32.7 Å². The first-order chi connectivity index (χ1) is 8.18. The highest BCUT2D eigenvalue weighted by Gasteiger charge is 2.31. The van der Waals surface area contributed by atoms with Crippen molar-refractivity contribution in [1.82, 2.24) is 4.90 Å². The third kappa shape index (κ3) is 3.03. The minimum Gasteiger partial charge on any atom is -0.496 e. The molecule has 1 N–H and O–H groups in total. The lowest BCUT2D eigenvalue weighted by atomic mass is 9.87. The number of methoxy groups -OCH3 is 1. The number of likely N-dealkylation sites (N-methyl/N-ethyl adjacent to an activating group) is 1. The summed E-state index contributed by atoms with van der Waals surface area (Å²) in [5.41, 5.74) is 2.58. The van der Waals surface area contributed by atoms with Crippen LogP contribution in [0.25, 0.3) is 0 Å². The van der Waals surface area contributed by atoms with Crippen molar-refractivity contribution in [2.75, 3.05) is 21.2 Å². The Kier molecular flexibility index (Phi) is 4.41. The fourth-order valence-corrected chi connectivity index (χ4v) is 2.62. The highest BCUT2D eigenvalue weighted by molar-refractivity contribution is 5.43. The number of aryl methyl sites for hydroxylation is 2. The first kappa shape index (κ1) is 15.0. The van der Waals surface area contributed by atoms with Crippen molar-refractivity contribution in [3.8, 4) is 5.75 Å². The lowest BCUT2D eigenvalue weighted by Crippen LogP contribution is -2.39. The Balaban J connectivity index is 3.34. The zero-order valence-corrected chi connectivity index (χ0v) is 12.5. The third-order valence-electron chi connectivity index (χ3n) is 3.26. The highest BCUT2D eigenvalue weighted by atomic mass is 16.5. The second-order valence-electron chi connectivity index (χ2n) is 5.70. The first-order valence-corrected chi connectivity index (χ1v) is 6.22. The molecule has 3 nitrogen and oxygen atoms in total. The van der Waals surface area contributed by atoms with E-state index in [0.29, 0.717) is 0 Å². The molecule has 0 spiro atoms. The lowest BCUT2D eigenvalue weighted by molar-refractivity contribution is -0.00346. The Bertz CT molecular complexity index is 419. The second-order valence-corrected chi connectivity index (χ2v) is 5.70. The zero-order valence-electron chi connectivity index (χ0n) is 12.5. The summed E-state index contributed by atoms with van der Waals surface area (Å²) in [4.78, 5) is 2.05. The predicted octanol–water partition coefficient (Wildman–Crippen LogP) is 2.69. The third-order valence-corrected chi connectivity index (χ3v) is 3.26. The van der Waals surface area contributed by atoms with Crippen LogP contribution in [0.3, 0.4) is 0 Å². The highest BCUT2D eigenvalue weighted by Crippen LogP contribution is 2.34. The van der Waals surface area contributed by atoms with Gasteiger partial charge in [0.05, 0.1) is 18.8 Å². The van der Waals surface area contributed by atoms with Gasteiger partial charge < -0.3 is 9.84 Å². The van der Waals surface area contributed by atoms with Crippen LogP contribution in [-0.2, 0) is 0 Å². The maximum Gasteiger partial charge on any atom is 0.122 e. The van der Waals surface area contributed by atoms with Gasteiger partial charge in [-0.05, 0) is 64.5 Å². The number of nitrogens with zero attached hydrogens (tertiary/aromatic N) is 1. The van der Waals surface area contributed by atoms with Crippen LogP contribution in [-0.4, -0.2) is 36.8 Å². The second kappa shape index (κ2) is 5.29. The summed E-state index contributed by atoms with van der Waals surface area (Å²) in [6, 6.07) is 4.10. The van der Waals surface area contributed by atoms with Crippen molar-refractivity contribution in [2.24, 2.45) is 0 Å². The van der Waals surface area contributed by atoms with E-state index in [9.17, 15) is 5.11 Å². The van der Waals surface area contributed by atoms with E-state index in [4.69, 9.17) is 4.74 Å². The Morgan fingerprint density at radius 1 is 1.17 bits per heavy atom. The minimum absolute atomic E-state index is 0.0397. The van der Waals surface area contributed by atoms with Crippen molar-refractivity contribution in [3.63, 3.8) is 0 Å². The molecule has 0 radical (unpaired) electrons. The maximum absolute atomic E-state index is 10.4. The van der Waals surface area contributed by atoms with E-state index in [1.807, 2.05) is 45.8 Å². The standard InChI is InChI=1S/C15H25NO2/c1-10-9-13(18-7)11(2)8-12(10)14(16(5)6)15(3,4)17/h8-9,14,17H,1-7H3. The summed E-state index contributed by atoms with van der Waals surface area (Å²) in [7, 11) is 5.66. The van der Waals surface area contributed by atoms with Gasteiger partial charge in [0.15, 0.2) is 0 Å². The molecular weight excluding hydrogens is 226 g/mol. The molecule has 1 aromatic rings. The quantitative estimate of drug-likeness (QED) is 0.893. The smallest absolute Gasteiger partial charge is 0.122 e. The molecule has 0 aliphatic carbocycles. The van der Waals surface area contributed by atoms with Crippen molar-refractivity contribution in [3.05, 3.63) is 28.8 Å². The summed E-state index contributed by atoms with van der Waals surface area (Å²) in [6.07, 6.45) is 0. The summed E-state index contributed by atoms with van der Waals surface area (Å²) in [5.74, 6) is 0.893. The molecule has 0 fully saturated rings. The van der Waals surface area contributed by atoms with Crippen LogP contribution in [0.1, 0.15) is 36.6 Å². The molecule has 1 unspecified atom stereocenters. The normalized spacial score (nSPS) is 13.8. The van der Waals surface area contributed by atoms with Crippen LogP contribution in [0, 0.1) is 13.8 Å². The van der Waals surface area contributed by atoms with Crippen molar-refractivity contribution >= 4 is 0 Å². The van der Waals surface area contributed by atoms with Gasteiger partial charge in [0, 0.05) is 0 Å². The minimum atomic E-state index is -0.796. The molecule has 3 heteroatoms. The van der Waals surface area contributed by atoms with Crippen LogP contribution < -0.4 is 4.74 Å². The van der Waals surface area contributed by atoms with Crippen LogP contribution in [0.4, 0.5) is 0 Å². The molecule has 0 heterocycles. The molecule has 0 bridgehead atoms. The van der Waals surface area contributed by atoms with Gasteiger partial charge in [-0.15, -0.1) is 0 Å². The first-order valence-electron chi connectivity index (χ1n) is 6.22. The van der Waals surface area contributed by atoms with E-state index in [1.165, 1.54) is 0 Å². The van der Waals surface area contributed by atoms with Crippen LogP contribution >= 0.6 is 0 Å². The molecule has 0 aliphatic heterocycles. The zero-order chi connectivity index (χ0) is 14.1. The number of rotatable bonds is 4. The van der Waals surface area contributed by atoms with Crippen molar-refractivity contribution < 1.29 is 9.84 Å². The maximum atomic E-state index is 10.4. The summed E-state index contributed by atoms with van der Waals surface area (Å²) in [5, 5.41) is 10.4. The van der Waals surface area contributed by atoms with Crippen molar-refractivity contribution in [2.45, 2.75) is 39.3 Å². The fraction of sp³-hybridized carbons (Fsp3) is 0.600. The molecule has 1 aromatic carbocycles. The molecular formula is C15H25NO2. The molecule has 102 valence electrons. The number of benzene rings is 1. The van der Waals surface area contributed by atoms with E-state index in [-0.39, 0.29) is 6.04 Å². The average molecular weight is 251 g/mol. The van der Waals surface area contributed by atoms with Crippen molar-refractivity contribution in [1.29, 1.82) is 0 Å². The van der Waals surface area contributed by atoms with Gasteiger partial charge in [0.1, 0.15) is 5.75 Å². The molecule has 1 rings (SSSR count). The Morgan fingerprint density at radius 3 is 2.11 bits per heavy atom. The molecule has 0 aliphatic rings. The van der Waals surface area contributed by atoms with Crippen LogP contribution in [0.15, 0.2) is 12.1 Å². The van der Waals surface area contributed by atoms with E-state index in [0.717, 1.165) is 22.4 Å². The molecule has 0 aromatic heterocycles. The van der Waals surface area contributed by atoms with Gasteiger partial charge in [-0.1, -0.05) is 6.07 Å². The lowest BCUT2D eigenvalue weighted by Gasteiger charge is -2.36. The van der Waals surface area contributed by atoms with Gasteiger partial charge in [-0.3, -0.25) is 4.90 Å². The SMILES string of the molecule is COc1cc(C)c(C(N(C)C)C(C)(C)O)cc1C. The van der Waals surface area contributed by atoms with Crippen LogP contribution in [0.5, 0.6) is 5.75 Å². The number of ether oxygens (including phenoxy) is 1. The molecule has 1 atom stereocenters. The van der Waals surface area contributed by atoms with Gasteiger partial charge in [-0.2, -0.15) is 0 Å². The Hall–Kier alpha value is -1.06. The summed E-state index contributed by atoms with van der Waals surface area (Å²) >= 11 is 0. The van der Waals surface area contributed by atoms with E-state index >= 15 is 0 Å². The monoisotopic (exact) mass is 251 g/mol. The summed E-state index contributed by atoms with van der Waals surface area (Å²) < 4.78 is 5.33. The Morgan fingerprint density at radius 2 is 1.72 bits per heavy atom. The van der Waals surface area contributed by atoms with Crippen LogP contribution in [0.2, 0.25) is 0 Å². The summed E-state index contributed by atoms with van der Waals surface area (Å²) in [6.45, 7) is 7.77. The molecule has 0 saturated heterocycles. The predicted molar refractivity (Wildman–Crippen MR) is 75.2 cm³/mol. The fourth-order valence-electron chi connectivity index (χ4n) is 2.62. The van der Waals surface area contributed by atoms with Gasteiger partial charge in [0.25, 0.3) is 0 Å². The molecule has 18 heavy (non-hydrogen) atoms. The largest absolute Gasteiger partial charge is 0.496 e. The number of aliphatic hydroxyl groups is 1. The van der Waals surface area contributed by atoms with E-state index in [1.54, 1.807) is 7.11 Å². The Labute approximate surface area is 110 Å².